The Morgan fingerprint density at radius 1 is 1.50 bits per heavy atom. The fraction of sp³-hybridized carbons (Fsp3) is 0.583. The van der Waals surface area contributed by atoms with Crippen LogP contribution in [0.1, 0.15) is 18.5 Å². The maximum Gasteiger partial charge on any atom is 0.149 e. The summed E-state index contributed by atoms with van der Waals surface area (Å²) in [4.78, 5) is 6.22. The van der Waals surface area contributed by atoms with Crippen LogP contribution in [0.25, 0.3) is 0 Å². The molecule has 1 unspecified atom stereocenters. The maximum atomic E-state index is 11.2. The van der Waals surface area contributed by atoms with Gasteiger partial charge in [0.05, 0.1) is 5.75 Å². The summed E-state index contributed by atoms with van der Waals surface area (Å²) < 4.78 is 22.4. The number of anilines is 1. The summed E-state index contributed by atoms with van der Waals surface area (Å²) in [7, 11) is 0.796. The Hall–Kier alpha value is -1.14. The van der Waals surface area contributed by atoms with Crippen molar-refractivity contribution in [3.63, 3.8) is 0 Å². The Labute approximate surface area is 109 Å². The van der Waals surface area contributed by atoms with Crippen LogP contribution in [0.4, 0.5) is 5.82 Å². The maximum absolute atomic E-state index is 11.2. The monoisotopic (exact) mass is 271 g/mol. The predicted octanol–water partition coefficient (Wildman–Crippen LogP) is 0.843. The zero-order valence-corrected chi connectivity index (χ0v) is 12.2. The minimum atomic E-state index is -2.95. The summed E-state index contributed by atoms with van der Waals surface area (Å²) >= 11 is 0. The van der Waals surface area contributed by atoms with E-state index in [2.05, 4.69) is 10.3 Å². The molecule has 18 heavy (non-hydrogen) atoms. The Balaban J connectivity index is 2.88. The van der Waals surface area contributed by atoms with Crippen molar-refractivity contribution in [2.24, 2.45) is 0 Å². The van der Waals surface area contributed by atoms with Gasteiger partial charge in [-0.3, -0.25) is 0 Å². The van der Waals surface area contributed by atoms with Crippen LogP contribution in [-0.2, 0) is 9.84 Å². The van der Waals surface area contributed by atoms with Crippen LogP contribution in [0.3, 0.4) is 0 Å². The average molecular weight is 271 g/mol. The molecule has 0 saturated carbocycles. The van der Waals surface area contributed by atoms with Gasteiger partial charge in [-0.05, 0) is 20.0 Å². The van der Waals surface area contributed by atoms with Crippen LogP contribution >= 0.6 is 0 Å². The van der Waals surface area contributed by atoms with Crippen LogP contribution < -0.4 is 10.2 Å². The van der Waals surface area contributed by atoms with Gasteiger partial charge < -0.3 is 10.2 Å². The summed E-state index contributed by atoms with van der Waals surface area (Å²) in [6.07, 6.45) is 2.97. The molecule has 0 bridgehead atoms. The Morgan fingerprint density at radius 3 is 2.72 bits per heavy atom. The van der Waals surface area contributed by atoms with Gasteiger partial charge in [-0.15, -0.1) is 0 Å². The highest BCUT2D eigenvalue weighted by Gasteiger charge is 2.14. The van der Waals surface area contributed by atoms with E-state index in [1.54, 1.807) is 6.20 Å². The molecule has 0 aliphatic carbocycles. The Bertz CT molecular complexity index is 488. The van der Waals surface area contributed by atoms with E-state index in [-0.39, 0.29) is 11.8 Å². The van der Waals surface area contributed by atoms with E-state index < -0.39 is 9.84 Å². The van der Waals surface area contributed by atoms with Crippen LogP contribution in [0.5, 0.6) is 0 Å². The molecule has 0 fully saturated rings. The number of sulfone groups is 1. The van der Waals surface area contributed by atoms with E-state index in [0.717, 1.165) is 11.4 Å². The highest BCUT2D eigenvalue weighted by molar-refractivity contribution is 7.90. The SMILES string of the molecule is CNC(C)c1cccnc1N(C)CCS(C)(=O)=O. The summed E-state index contributed by atoms with van der Waals surface area (Å²) in [5, 5.41) is 3.16. The summed E-state index contributed by atoms with van der Waals surface area (Å²) in [6.45, 7) is 2.49. The largest absolute Gasteiger partial charge is 0.358 e. The van der Waals surface area contributed by atoms with E-state index in [4.69, 9.17) is 0 Å². The van der Waals surface area contributed by atoms with Gasteiger partial charge in [-0.1, -0.05) is 6.07 Å². The van der Waals surface area contributed by atoms with Crippen LogP contribution in [0.2, 0.25) is 0 Å². The van der Waals surface area contributed by atoms with Crippen molar-refractivity contribution in [3.8, 4) is 0 Å². The lowest BCUT2D eigenvalue weighted by atomic mass is 10.1. The van der Waals surface area contributed by atoms with Gasteiger partial charge in [0.1, 0.15) is 15.7 Å². The van der Waals surface area contributed by atoms with Gasteiger partial charge in [0.15, 0.2) is 0 Å². The third kappa shape index (κ3) is 4.27. The average Bonchev–Trinajstić information content (AvgIpc) is 2.34. The van der Waals surface area contributed by atoms with Gasteiger partial charge in [0.2, 0.25) is 0 Å². The van der Waals surface area contributed by atoms with Gasteiger partial charge >= 0.3 is 0 Å². The molecule has 0 aliphatic heterocycles. The zero-order valence-electron chi connectivity index (χ0n) is 11.3. The first-order chi connectivity index (χ1) is 8.35. The quantitative estimate of drug-likeness (QED) is 0.831. The fourth-order valence-electron chi connectivity index (χ4n) is 1.63. The standard InChI is InChI=1S/C12H21N3O2S/c1-10(13-2)11-6-5-7-14-12(11)15(3)8-9-18(4,16)17/h5-7,10,13H,8-9H2,1-4H3. The number of hydrogen-bond acceptors (Lipinski definition) is 5. The molecule has 6 heteroatoms. The molecule has 1 heterocycles. The topological polar surface area (TPSA) is 62.3 Å². The summed E-state index contributed by atoms with van der Waals surface area (Å²) in [5.74, 6) is 0.955. The normalized spacial score (nSPS) is 13.3. The first-order valence-electron chi connectivity index (χ1n) is 5.86. The first-order valence-corrected chi connectivity index (χ1v) is 7.92. The van der Waals surface area contributed by atoms with Gasteiger partial charge in [-0.2, -0.15) is 0 Å². The molecule has 0 amide bonds. The summed E-state index contributed by atoms with van der Waals surface area (Å²) in [5.41, 5.74) is 1.07. The minimum absolute atomic E-state index is 0.132. The number of rotatable bonds is 6. The van der Waals surface area contributed by atoms with E-state index in [9.17, 15) is 8.42 Å². The molecule has 0 aromatic carbocycles. The van der Waals surface area contributed by atoms with Crippen molar-refractivity contribution < 1.29 is 8.42 Å². The lowest BCUT2D eigenvalue weighted by Gasteiger charge is -2.23. The van der Waals surface area contributed by atoms with E-state index in [1.807, 2.05) is 38.1 Å². The highest BCUT2D eigenvalue weighted by atomic mass is 32.2. The molecular weight excluding hydrogens is 250 g/mol. The summed E-state index contributed by atoms with van der Waals surface area (Å²) in [6, 6.07) is 4.06. The van der Waals surface area contributed by atoms with Gasteiger partial charge in [0.25, 0.3) is 0 Å². The molecule has 102 valence electrons. The molecule has 1 atom stereocenters. The number of pyridine rings is 1. The molecule has 0 radical (unpaired) electrons. The molecule has 1 aromatic rings. The van der Waals surface area contributed by atoms with Crippen molar-refractivity contribution in [2.75, 3.05) is 37.5 Å². The number of nitrogens with zero attached hydrogens (tertiary/aromatic N) is 2. The molecule has 1 N–H and O–H groups in total. The van der Waals surface area contributed by atoms with Crippen LogP contribution in [0, 0.1) is 0 Å². The van der Waals surface area contributed by atoms with Gasteiger partial charge in [0, 0.05) is 37.7 Å². The molecule has 5 nitrogen and oxygen atoms in total. The first kappa shape index (κ1) is 14.9. The van der Waals surface area contributed by atoms with Crippen LogP contribution in [-0.4, -0.2) is 46.1 Å². The molecule has 1 aromatic heterocycles. The second-order valence-electron chi connectivity index (χ2n) is 4.48. The number of nitrogens with one attached hydrogen (secondary N) is 1. The van der Waals surface area contributed by atoms with E-state index in [0.29, 0.717) is 6.54 Å². The van der Waals surface area contributed by atoms with E-state index in [1.165, 1.54) is 6.26 Å². The predicted molar refractivity (Wildman–Crippen MR) is 74.7 cm³/mol. The third-order valence-electron chi connectivity index (χ3n) is 2.88. The molecule has 1 rings (SSSR count). The minimum Gasteiger partial charge on any atom is -0.358 e. The highest BCUT2D eigenvalue weighted by Crippen LogP contribution is 2.22. The molecule has 0 aliphatic rings. The Kier molecular flexibility index (Phi) is 5.10. The second kappa shape index (κ2) is 6.15. The van der Waals surface area contributed by atoms with Crippen molar-refractivity contribution in [1.82, 2.24) is 10.3 Å². The van der Waals surface area contributed by atoms with Gasteiger partial charge in [-0.25, -0.2) is 13.4 Å². The third-order valence-corrected chi connectivity index (χ3v) is 3.80. The van der Waals surface area contributed by atoms with Crippen LogP contribution in [0.15, 0.2) is 18.3 Å². The smallest absolute Gasteiger partial charge is 0.149 e. The molecule has 0 spiro atoms. The fourth-order valence-corrected chi connectivity index (χ4v) is 2.24. The Morgan fingerprint density at radius 2 is 2.17 bits per heavy atom. The van der Waals surface area contributed by atoms with E-state index >= 15 is 0 Å². The van der Waals surface area contributed by atoms with Crippen molar-refractivity contribution in [1.29, 1.82) is 0 Å². The molecule has 0 saturated heterocycles. The second-order valence-corrected chi connectivity index (χ2v) is 6.74. The van der Waals surface area contributed by atoms with Crippen molar-refractivity contribution >= 4 is 15.7 Å². The lowest BCUT2D eigenvalue weighted by molar-refractivity contribution is 0.600. The lowest BCUT2D eigenvalue weighted by Crippen LogP contribution is -2.28. The number of hydrogen-bond donors (Lipinski definition) is 1. The van der Waals surface area contributed by atoms with Crippen molar-refractivity contribution in [3.05, 3.63) is 23.9 Å². The zero-order chi connectivity index (χ0) is 13.8. The van der Waals surface area contributed by atoms with Crippen molar-refractivity contribution in [2.45, 2.75) is 13.0 Å². The number of aromatic nitrogens is 1. The molecular formula is C12H21N3O2S.